The van der Waals surface area contributed by atoms with E-state index in [2.05, 4.69) is 53.5 Å². The number of nitrogens with zero attached hydrogens (tertiary/aromatic N) is 5. The van der Waals surface area contributed by atoms with Gasteiger partial charge in [0.25, 0.3) is 0 Å². The zero-order chi connectivity index (χ0) is 32.1. The van der Waals surface area contributed by atoms with Crippen LogP contribution in [0, 0.1) is 19.7 Å². The van der Waals surface area contributed by atoms with Crippen molar-refractivity contribution in [2.45, 2.75) is 64.7 Å². The van der Waals surface area contributed by atoms with Crippen LogP contribution in [-0.2, 0) is 17.9 Å². The normalized spacial score (nSPS) is 16.1. The van der Waals surface area contributed by atoms with Crippen LogP contribution < -0.4 is 33.1 Å². The molecule has 2 fully saturated rings. The van der Waals surface area contributed by atoms with Gasteiger partial charge < -0.3 is 26.0 Å². The minimum absolute atomic E-state index is 0. The predicted molar refractivity (Wildman–Crippen MR) is 179 cm³/mol. The second-order valence-corrected chi connectivity index (χ2v) is 11.8. The average molecular weight is 634 g/mol. The highest BCUT2D eigenvalue weighted by Gasteiger charge is 2.30. The Morgan fingerprint density at radius 3 is 2.52 bits per heavy atom. The summed E-state index contributed by atoms with van der Waals surface area (Å²) in [5, 5.41) is 2.85. The van der Waals surface area contributed by atoms with Crippen molar-refractivity contribution < 1.29 is 14.7 Å². The Bertz CT molecular complexity index is 1710. The molecule has 0 radical (unpaired) electrons. The summed E-state index contributed by atoms with van der Waals surface area (Å²) in [5.74, 6) is 6.87. The van der Waals surface area contributed by atoms with Gasteiger partial charge in [-0.15, -0.1) is 0 Å². The van der Waals surface area contributed by atoms with Gasteiger partial charge in [-0.1, -0.05) is 0 Å². The van der Waals surface area contributed by atoms with Gasteiger partial charge in [0, 0.05) is 73.0 Å². The van der Waals surface area contributed by atoms with Crippen LogP contribution in [0.4, 0.5) is 15.8 Å². The van der Waals surface area contributed by atoms with Crippen molar-refractivity contribution in [1.29, 1.82) is 0 Å². The zero-order valence-electron chi connectivity index (χ0n) is 26.4. The van der Waals surface area contributed by atoms with Crippen molar-refractivity contribution in [3.63, 3.8) is 0 Å². The average Bonchev–Trinajstić information content (AvgIpc) is 3.90. The molecule has 1 aromatic carbocycles. The molecule has 12 nitrogen and oxygen atoms in total. The van der Waals surface area contributed by atoms with E-state index in [0.717, 1.165) is 61.4 Å². The summed E-state index contributed by atoms with van der Waals surface area (Å²) >= 11 is 0. The smallest absolute Gasteiger partial charge is 0.238 e. The fourth-order valence-corrected chi connectivity index (χ4v) is 6.10. The van der Waals surface area contributed by atoms with E-state index in [4.69, 9.17) is 5.73 Å². The highest BCUT2D eigenvalue weighted by molar-refractivity contribution is 5.95. The predicted octanol–water partition coefficient (Wildman–Crippen LogP) is 2.44. The SMILES string of the molecule is Cc1ccc(N2CCC[C@H](N(Cc3ccnc(C)c3)Cc3cn(C4CC4)c4cc(NC(=O)CN)c(F)cc4c3=O)C2)cn1.NN.O. The number of hydrogen-bond acceptors (Lipinski definition) is 9. The number of piperidine rings is 1. The summed E-state index contributed by atoms with van der Waals surface area (Å²) in [7, 11) is 0. The first-order chi connectivity index (χ1) is 21.8. The van der Waals surface area contributed by atoms with E-state index in [1.165, 1.54) is 6.07 Å². The number of anilines is 2. The summed E-state index contributed by atoms with van der Waals surface area (Å²) in [6, 6.07) is 11.5. The maximum absolute atomic E-state index is 15.2. The van der Waals surface area contributed by atoms with Crippen LogP contribution in [-0.4, -0.2) is 56.5 Å². The van der Waals surface area contributed by atoms with Crippen LogP contribution in [0.5, 0.6) is 0 Å². The fourth-order valence-electron chi connectivity index (χ4n) is 6.10. The lowest BCUT2D eigenvalue weighted by Gasteiger charge is -2.40. The van der Waals surface area contributed by atoms with E-state index in [1.54, 1.807) is 6.07 Å². The summed E-state index contributed by atoms with van der Waals surface area (Å²) in [6.45, 7) is 6.58. The van der Waals surface area contributed by atoms with E-state index in [9.17, 15) is 9.59 Å². The maximum Gasteiger partial charge on any atom is 0.238 e. The van der Waals surface area contributed by atoms with E-state index in [-0.39, 0.29) is 35.2 Å². The van der Waals surface area contributed by atoms with Gasteiger partial charge in [-0.2, -0.15) is 0 Å². The molecule has 4 heterocycles. The van der Waals surface area contributed by atoms with Crippen molar-refractivity contribution in [1.82, 2.24) is 19.4 Å². The van der Waals surface area contributed by atoms with Crippen molar-refractivity contribution in [2.75, 3.05) is 29.9 Å². The Labute approximate surface area is 267 Å². The number of nitrogens with one attached hydrogen (secondary N) is 1. The molecule has 9 N–H and O–H groups in total. The number of halogens is 1. The van der Waals surface area contributed by atoms with Crippen molar-refractivity contribution in [3.8, 4) is 0 Å². The quantitative estimate of drug-likeness (QED) is 0.158. The third-order valence-corrected chi connectivity index (χ3v) is 8.49. The van der Waals surface area contributed by atoms with E-state index in [1.807, 2.05) is 44.6 Å². The topological polar surface area (TPSA) is 193 Å². The number of aromatic nitrogens is 3. The molecular formula is C33H44FN9O3. The molecule has 46 heavy (non-hydrogen) atoms. The minimum Gasteiger partial charge on any atom is -0.412 e. The Hall–Kier alpha value is -4.27. The van der Waals surface area contributed by atoms with Gasteiger partial charge in [-0.25, -0.2) is 4.39 Å². The summed E-state index contributed by atoms with van der Waals surface area (Å²) < 4.78 is 17.2. The molecular weight excluding hydrogens is 589 g/mol. The third kappa shape index (κ3) is 7.92. The number of aryl methyl sites for hydroxylation is 2. The highest BCUT2D eigenvalue weighted by Crippen LogP contribution is 2.38. The van der Waals surface area contributed by atoms with Gasteiger partial charge in [-0.3, -0.25) is 36.1 Å². The number of rotatable bonds is 9. The van der Waals surface area contributed by atoms with E-state index in [0.29, 0.717) is 29.6 Å². The number of benzene rings is 1. The summed E-state index contributed by atoms with van der Waals surface area (Å²) in [5.41, 5.74) is 10.7. The molecule has 1 saturated heterocycles. The number of fused-ring (bicyclic) bond motifs is 1. The molecule has 1 atom stereocenters. The monoisotopic (exact) mass is 633 g/mol. The number of pyridine rings is 3. The second-order valence-electron chi connectivity index (χ2n) is 11.8. The Balaban J connectivity index is 0.00000157. The molecule has 1 saturated carbocycles. The van der Waals surface area contributed by atoms with Crippen molar-refractivity contribution in [2.24, 2.45) is 17.4 Å². The fraction of sp³-hybridized carbons (Fsp3) is 0.394. The lowest BCUT2D eigenvalue weighted by Crippen LogP contribution is -2.48. The van der Waals surface area contributed by atoms with Gasteiger partial charge in [0.2, 0.25) is 5.91 Å². The molecule has 3 aromatic heterocycles. The van der Waals surface area contributed by atoms with Crippen LogP contribution in [0.15, 0.2) is 59.8 Å². The molecule has 13 heteroatoms. The number of amides is 1. The van der Waals surface area contributed by atoms with E-state index < -0.39 is 11.7 Å². The van der Waals surface area contributed by atoms with Gasteiger partial charge in [0.15, 0.2) is 5.43 Å². The largest absolute Gasteiger partial charge is 0.412 e. The molecule has 0 spiro atoms. The molecule has 1 amide bonds. The standard InChI is InChI=1S/C33H38FN7O2.H4N2.H2O/c1-21-5-6-26(16-37-21)39-11-3-4-27(20-39)40(17-23-9-10-36-22(2)12-23)18-24-19-41(25-7-8-25)31-14-30(38-32(42)15-35)29(34)13-28(31)33(24)43;1-2;/h5-6,9-10,12-14,16,19,25,27H,3-4,7-8,11,15,17-18,20,35H2,1-2H3,(H,38,42);1-2H2;1H2/t27-;;/m0../s1. The van der Waals surface area contributed by atoms with Crippen molar-refractivity contribution >= 4 is 28.2 Å². The Morgan fingerprint density at radius 1 is 1.07 bits per heavy atom. The number of hydrogen-bond donors (Lipinski definition) is 4. The van der Waals surface area contributed by atoms with Crippen LogP contribution >= 0.6 is 0 Å². The third-order valence-electron chi connectivity index (χ3n) is 8.49. The number of hydrazine groups is 1. The first-order valence-electron chi connectivity index (χ1n) is 15.3. The van der Waals surface area contributed by atoms with Gasteiger partial charge in [0.1, 0.15) is 5.82 Å². The Kier molecular flexibility index (Phi) is 11.5. The first kappa shape index (κ1) is 34.6. The summed E-state index contributed by atoms with van der Waals surface area (Å²) in [4.78, 5) is 39.5. The molecule has 246 valence electrons. The van der Waals surface area contributed by atoms with E-state index >= 15 is 4.39 Å². The molecule has 0 unspecified atom stereocenters. The van der Waals surface area contributed by atoms with Crippen LogP contribution in [0.1, 0.15) is 54.2 Å². The van der Waals surface area contributed by atoms with Gasteiger partial charge in [0.05, 0.1) is 29.6 Å². The number of carbonyl (C=O) groups is 1. The van der Waals surface area contributed by atoms with Crippen LogP contribution in [0.25, 0.3) is 10.9 Å². The lowest BCUT2D eigenvalue weighted by atomic mass is 10.0. The van der Waals surface area contributed by atoms with Gasteiger partial charge >= 0.3 is 0 Å². The Morgan fingerprint density at radius 2 is 1.85 bits per heavy atom. The molecule has 1 aliphatic heterocycles. The number of nitrogens with two attached hydrogens (primary N) is 3. The lowest BCUT2D eigenvalue weighted by molar-refractivity contribution is -0.114. The molecule has 4 aromatic rings. The maximum atomic E-state index is 15.2. The molecule has 6 rings (SSSR count). The zero-order valence-corrected chi connectivity index (χ0v) is 26.4. The molecule has 1 aliphatic carbocycles. The second kappa shape index (κ2) is 15.3. The van der Waals surface area contributed by atoms with Crippen molar-refractivity contribution in [3.05, 3.63) is 93.5 Å². The first-order valence-corrected chi connectivity index (χ1v) is 15.3. The summed E-state index contributed by atoms with van der Waals surface area (Å²) in [6.07, 6.45) is 9.71. The minimum atomic E-state index is -0.648. The van der Waals surface area contributed by atoms with Gasteiger partial charge in [-0.05, 0) is 81.5 Å². The molecule has 2 aliphatic rings. The van der Waals surface area contributed by atoms with Crippen LogP contribution in [0.2, 0.25) is 0 Å². The molecule has 0 bridgehead atoms. The highest BCUT2D eigenvalue weighted by atomic mass is 19.1. The number of carbonyl (C=O) groups excluding carboxylic acids is 1. The van der Waals surface area contributed by atoms with Crippen LogP contribution in [0.3, 0.4) is 0 Å².